The summed E-state index contributed by atoms with van der Waals surface area (Å²) in [6.45, 7) is 0.604. The Morgan fingerprint density at radius 1 is 1.12 bits per heavy atom. The van der Waals surface area contributed by atoms with E-state index in [1.54, 1.807) is 18.2 Å². The SMILES string of the molecule is CS(=O)(=O)N(CC=Cc1ccccc1)CCOc1ccc(C(=O)O)cc1. The van der Waals surface area contributed by atoms with Gasteiger partial charge in [0.2, 0.25) is 10.0 Å². The van der Waals surface area contributed by atoms with Gasteiger partial charge in [0.05, 0.1) is 11.8 Å². The van der Waals surface area contributed by atoms with Crippen LogP contribution >= 0.6 is 0 Å². The summed E-state index contributed by atoms with van der Waals surface area (Å²) in [7, 11) is -3.37. The lowest BCUT2D eigenvalue weighted by Gasteiger charge is -2.18. The molecule has 0 atom stereocenters. The molecule has 2 rings (SSSR count). The summed E-state index contributed by atoms with van der Waals surface area (Å²) in [4.78, 5) is 10.8. The van der Waals surface area contributed by atoms with Gasteiger partial charge >= 0.3 is 5.97 Å². The molecule has 1 N–H and O–H groups in total. The highest BCUT2D eigenvalue weighted by Gasteiger charge is 2.15. The Balaban J connectivity index is 1.89. The fraction of sp³-hybridized carbons (Fsp3) is 0.211. The van der Waals surface area contributed by atoms with Gasteiger partial charge in [-0.05, 0) is 29.8 Å². The number of benzene rings is 2. The maximum absolute atomic E-state index is 11.9. The summed E-state index contributed by atoms with van der Waals surface area (Å²) < 4.78 is 30.6. The van der Waals surface area contributed by atoms with Gasteiger partial charge < -0.3 is 9.84 Å². The molecule has 138 valence electrons. The van der Waals surface area contributed by atoms with Gasteiger partial charge in [-0.3, -0.25) is 0 Å². The largest absolute Gasteiger partial charge is 0.492 e. The number of aromatic carboxylic acids is 1. The fourth-order valence-electron chi connectivity index (χ4n) is 2.22. The molecule has 0 spiro atoms. The highest BCUT2D eigenvalue weighted by molar-refractivity contribution is 7.88. The number of carboxylic acid groups (broad SMARTS) is 1. The van der Waals surface area contributed by atoms with Gasteiger partial charge in [-0.25, -0.2) is 13.2 Å². The van der Waals surface area contributed by atoms with Gasteiger partial charge in [0.25, 0.3) is 0 Å². The standard InChI is InChI=1S/C19H21NO5S/c1-26(23,24)20(13-5-8-16-6-3-2-4-7-16)14-15-25-18-11-9-17(10-12-18)19(21)22/h2-12H,13-15H2,1H3,(H,21,22). The third-order valence-corrected chi connectivity index (χ3v) is 4.87. The summed E-state index contributed by atoms with van der Waals surface area (Å²) in [5.41, 5.74) is 1.16. The van der Waals surface area contributed by atoms with Crippen LogP contribution in [0, 0.1) is 0 Å². The highest BCUT2D eigenvalue weighted by atomic mass is 32.2. The van der Waals surface area contributed by atoms with Crippen molar-refractivity contribution in [2.45, 2.75) is 0 Å². The van der Waals surface area contributed by atoms with E-state index in [2.05, 4.69) is 0 Å². The molecule has 0 amide bonds. The molecule has 0 aliphatic carbocycles. The zero-order valence-corrected chi connectivity index (χ0v) is 15.2. The van der Waals surface area contributed by atoms with Crippen LogP contribution in [0.5, 0.6) is 5.75 Å². The Bertz CT molecular complexity index is 845. The minimum absolute atomic E-state index is 0.165. The number of hydrogen-bond donors (Lipinski definition) is 1. The fourth-order valence-corrected chi connectivity index (χ4v) is 2.99. The van der Waals surface area contributed by atoms with E-state index in [0.29, 0.717) is 5.75 Å². The lowest BCUT2D eigenvalue weighted by Crippen LogP contribution is -2.33. The average Bonchev–Trinajstić information content (AvgIpc) is 2.61. The molecule has 0 aliphatic rings. The molecule has 26 heavy (non-hydrogen) atoms. The number of ether oxygens (including phenoxy) is 1. The molecular formula is C19H21NO5S. The molecule has 0 fully saturated rings. The predicted octanol–water partition coefficient (Wildman–Crippen LogP) is 2.74. The normalized spacial score (nSPS) is 11.8. The molecule has 0 saturated heterocycles. The van der Waals surface area contributed by atoms with E-state index in [-0.39, 0.29) is 25.3 Å². The van der Waals surface area contributed by atoms with Gasteiger partial charge in [-0.15, -0.1) is 0 Å². The molecule has 0 aliphatic heterocycles. The first-order chi connectivity index (χ1) is 12.4. The lowest BCUT2D eigenvalue weighted by atomic mass is 10.2. The van der Waals surface area contributed by atoms with Crippen LogP contribution < -0.4 is 4.74 Å². The number of nitrogens with zero attached hydrogens (tertiary/aromatic N) is 1. The molecule has 7 heteroatoms. The van der Waals surface area contributed by atoms with Gasteiger partial charge in [0.1, 0.15) is 12.4 Å². The van der Waals surface area contributed by atoms with Crippen LogP contribution in [-0.4, -0.2) is 49.8 Å². The van der Waals surface area contributed by atoms with Gasteiger partial charge in [-0.2, -0.15) is 4.31 Å². The van der Waals surface area contributed by atoms with Crippen LogP contribution in [0.25, 0.3) is 6.08 Å². The Labute approximate surface area is 153 Å². The van der Waals surface area contributed by atoms with E-state index >= 15 is 0 Å². The number of hydrogen-bond acceptors (Lipinski definition) is 4. The Morgan fingerprint density at radius 2 is 1.77 bits per heavy atom. The number of rotatable bonds is 9. The van der Waals surface area contributed by atoms with E-state index in [1.807, 2.05) is 36.4 Å². The van der Waals surface area contributed by atoms with Crippen LogP contribution in [-0.2, 0) is 10.0 Å². The average molecular weight is 375 g/mol. The monoisotopic (exact) mass is 375 g/mol. The van der Waals surface area contributed by atoms with E-state index in [0.717, 1.165) is 11.8 Å². The van der Waals surface area contributed by atoms with Crippen molar-refractivity contribution in [2.75, 3.05) is 26.0 Å². The lowest BCUT2D eigenvalue weighted by molar-refractivity contribution is 0.0697. The maximum atomic E-state index is 11.9. The number of carboxylic acids is 1. The smallest absolute Gasteiger partial charge is 0.335 e. The zero-order chi connectivity index (χ0) is 19.0. The van der Waals surface area contributed by atoms with Crippen molar-refractivity contribution in [3.63, 3.8) is 0 Å². The summed E-state index contributed by atoms with van der Waals surface area (Å²) in [6.07, 6.45) is 4.81. The van der Waals surface area contributed by atoms with Crippen molar-refractivity contribution in [3.8, 4) is 5.75 Å². The van der Waals surface area contributed by atoms with E-state index in [9.17, 15) is 13.2 Å². The van der Waals surface area contributed by atoms with Crippen molar-refractivity contribution < 1.29 is 23.1 Å². The molecule has 0 saturated carbocycles. The number of carbonyl (C=O) groups is 1. The second-order valence-corrected chi connectivity index (χ2v) is 7.59. The highest BCUT2D eigenvalue weighted by Crippen LogP contribution is 2.12. The first-order valence-corrected chi connectivity index (χ1v) is 9.84. The number of sulfonamides is 1. The zero-order valence-electron chi connectivity index (χ0n) is 14.4. The molecule has 0 aromatic heterocycles. The van der Waals surface area contributed by atoms with Crippen molar-refractivity contribution >= 4 is 22.1 Å². The minimum Gasteiger partial charge on any atom is -0.492 e. The summed E-state index contributed by atoms with van der Waals surface area (Å²) in [5, 5.41) is 8.86. The van der Waals surface area contributed by atoms with Crippen molar-refractivity contribution in [2.24, 2.45) is 0 Å². The second-order valence-electron chi connectivity index (χ2n) is 5.61. The van der Waals surface area contributed by atoms with Crippen LogP contribution in [0.15, 0.2) is 60.7 Å². The van der Waals surface area contributed by atoms with Gasteiger partial charge in [-0.1, -0.05) is 42.5 Å². The summed E-state index contributed by atoms with van der Waals surface area (Å²) in [5.74, 6) is -0.520. The maximum Gasteiger partial charge on any atom is 0.335 e. The van der Waals surface area contributed by atoms with Crippen LogP contribution in [0.3, 0.4) is 0 Å². The molecule has 6 nitrogen and oxygen atoms in total. The molecule has 0 unspecified atom stereocenters. The predicted molar refractivity (Wildman–Crippen MR) is 101 cm³/mol. The van der Waals surface area contributed by atoms with E-state index < -0.39 is 16.0 Å². The van der Waals surface area contributed by atoms with Gasteiger partial charge in [0, 0.05) is 13.1 Å². The first-order valence-electron chi connectivity index (χ1n) is 7.99. The van der Waals surface area contributed by atoms with E-state index in [4.69, 9.17) is 9.84 Å². The molecule has 2 aromatic rings. The minimum atomic E-state index is -3.37. The van der Waals surface area contributed by atoms with Crippen LogP contribution in [0.2, 0.25) is 0 Å². The molecule has 0 bridgehead atoms. The first kappa shape index (κ1) is 19.7. The third kappa shape index (κ3) is 6.34. The van der Waals surface area contributed by atoms with Gasteiger partial charge in [0.15, 0.2) is 0 Å². The van der Waals surface area contributed by atoms with Crippen LogP contribution in [0.1, 0.15) is 15.9 Å². The molecule has 0 heterocycles. The summed E-state index contributed by atoms with van der Waals surface area (Å²) >= 11 is 0. The van der Waals surface area contributed by atoms with Crippen molar-refractivity contribution in [1.29, 1.82) is 0 Å². The van der Waals surface area contributed by atoms with Crippen molar-refractivity contribution in [1.82, 2.24) is 4.31 Å². The Morgan fingerprint density at radius 3 is 2.35 bits per heavy atom. The molecular weight excluding hydrogens is 354 g/mol. The Hall–Kier alpha value is -2.64. The second kappa shape index (κ2) is 9.17. The van der Waals surface area contributed by atoms with E-state index in [1.165, 1.54) is 16.4 Å². The van der Waals surface area contributed by atoms with Crippen LogP contribution in [0.4, 0.5) is 0 Å². The van der Waals surface area contributed by atoms with Crippen molar-refractivity contribution in [3.05, 3.63) is 71.8 Å². The molecule has 0 radical (unpaired) electrons. The third-order valence-electron chi connectivity index (χ3n) is 3.60. The topological polar surface area (TPSA) is 83.9 Å². The molecule has 2 aromatic carbocycles. The summed E-state index contributed by atoms with van der Waals surface area (Å²) in [6, 6.07) is 15.6. The Kier molecular flexibility index (Phi) is 6.94. The quantitative estimate of drug-likeness (QED) is 0.729.